The van der Waals surface area contributed by atoms with Gasteiger partial charge in [-0.2, -0.15) is 10.2 Å². The van der Waals surface area contributed by atoms with Gasteiger partial charge in [-0.05, 0) is 44.6 Å². The minimum Gasteiger partial charge on any atom is -0.480 e. The quantitative estimate of drug-likeness (QED) is 0.400. The van der Waals surface area contributed by atoms with E-state index in [-0.39, 0.29) is 11.9 Å². The average molecular weight is 543 g/mol. The molecule has 1 aliphatic heterocycles. The van der Waals surface area contributed by atoms with E-state index in [0.717, 1.165) is 22.5 Å². The second-order valence-corrected chi connectivity index (χ2v) is 10.8. The SMILES string of the molecule is COc1nc(N(C)C)ncc1-c1cc2c(n1C(C)C)C(c1ccc(C)cc1)N(C1C=C(Cl)C=CC1C#N)C2=O. The van der Waals surface area contributed by atoms with Gasteiger partial charge in [0.1, 0.15) is 0 Å². The molecule has 200 valence electrons. The summed E-state index contributed by atoms with van der Waals surface area (Å²) in [6.45, 7) is 6.21. The smallest absolute Gasteiger partial charge is 0.257 e. The van der Waals surface area contributed by atoms with Gasteiger partial charge in [0.25, 0.3) is 5.91 Å². The van der Waals surface area contributed by atoms with E-state index in [1.54, 1.807) is 36.4 Å². The molecule has 39 heavy (non-hydrogen) atoms. The van der Waals surface area contributed by atoms with Crippen molar-refractivity contribution in [1.29, 1.82) is 5.26 Å². The summed E-state index contributed by atoms with van der Waals surface area (Å²) in [5.74, 6) is 0.288. The maximum Gasteiger partial charge on any atom is 0.257 e. The molecule has 0 saturated carbocycles. The monoisotopic (exact) mass is 542 g/mol. The predicted octanol–water partition coefficient (Wildman–Crippen LogP) is 5.66. The van der Waals surface area contributed by atoms with Gasteiger partial charge in [0, 0.05) is 31.4 Å². The fraction of sp³-hybridized carbons (Fsp3) is 0.333. The number of nitrogens with zero attached hydrogens (tertiary/aromatic N) is 6. The number of rotatable bonds is 6. The number of carbonyl (C=O) groups excluding carboxylic acids is 1. The summed E-state index contributed by atoms with van der Waals surface area (Å²) in [5.41, 5.74) is 5.03. The van der Waals surface area contributed by atoms with Gasteiger partial charge in [-0.3, -0.25) is 4.79 Å². The molecule has 9 heteroatoms. The molecule has 2 aromatic heterocycles. The van der Waals surface area contributed by atoms with Gasteiger partial charge in [-0.1, -0.05) is 47.5 Å². The van der Waals surface area contributed by atoms with E-state index in [1.807, 2.05) is 56.3 Å². The number of halogens is 1. The summed E-state index contributed by atoms with van der Waals surface area (Å²) in [5, 5.41) is 10.5. The second-order valence-electron chi connectivity index (χ2n) is 10.4. The van der Waals surface area contributed by atoms with E-state index < -0.39 is 18.0 Å². The fourth-order valence-electron chi connectivity index (χ4n) is 5.43. The number of hydrogen-bond acceptors (Lipinski definition) is 6. The average Bonchev–Trinajstić information content (AvgIpc) is 3.43. The van der Waals surface area contributed by atoms with Crippen LogP contribution in [0.4, 0.5) is 5.95 Å². The summed E-state index contributed by atoms with van der Waals surface area (Å²) < 4.78 is 7.85. The standard InChI is InChI=1S/C30H31ClN6O2/c1-17(2)36-25(23-16-33-30(35(4)5)34-28(23)39-6)14-22-27(36)26(19-9-7-18(3)8-10-19)37(29(22)38)24-13-21(31)12-11-20(24)15-32/h7-14,16-17,20,24,26H,1-6H3. The van der Waals surface area contributed by atoms with Crippen LogP contribution in [0.25, 0.3) is 11.3 Å². The molecule has 0 fully saturated rings. The summed E-state index contributed by atoms with van der Waals surface area (Å²) in [4.78, 5) is 27.0. The van der Waals surface area contributed by atoms with Crippen molar-refractivity contribution in [3.05, 3.63) is 82.2 Å². The highest BCUT2D eigenvalue weighted by atomic mass is 35.5. The maximum absolute atomic E-state index is 14.3. The van der Waals surface area contributed by atoms with Crippen molar-refractivity contribution in [1.82, 2.24) is 19.4 Å². The largest absolute Gasteiger partial charge is 0.480 e. The van der Waals surface area contributed by atoms with E-state index in [2.05, 4.69) is 34.5 Å². The first-order valence-corrected chi connectivity index (χ1v) is 13.2. The van der Waals surface area contributed by atoms with Gasteiger partial charge in [0.2, 0.25) is 11.8 Å². The van der Waals surface area contributed by atoms with Crippen LogP contribution in [0.5, 0.6) is 5.88 Å². The van der Waals surface area contributed by atoms with Crippen LogP contribution in [0.2, 0.25) is 0 Å². The highest BCUT2D eigenvalue weighted by Gasteiger charge is 2.47. The van der Waals surface area contributed by atoms with Gasteiger partial charge in [-0.15, -0.1) is 0 Å². The Bertz CT molecular complexity index is 1530. The number of aromatic nitrogens is 3. The molecule has 0 bridgehead atoms. The highest BCUT2D eigenvalue weighted by molar-refractivity contribution is 6.31. The van der Waals surface area contributed by atoms with E-state index in [0.29, 0.717) is 28.0 Å². The van der Waals surface area contributed by atoms with Crippen molar-refractivity contribution in [3.8, 4) is 23.2 Å². The van der Waals surface area contributed by atoms with Gasteiger partial charge >= 0.3 is 0 Å². The Morgan fingerprint density at radius 2 is 1.90 bits per heavy atom. The molecule has 2 aliphatic rings. The first kappa shape index (κ1) is 26.5. The Kier molecular flexibility index (Phi) is 6.96. The minimum atomic E-state index is -0.521. The lowest BCUT2D eigenvalue weighted by Gasteiger charge is -2.36. The van der Waals surface area contributed by atoms with Crippen LogP contribution in [0.1, 0.15) is 53.1 Å². The second kappa shape index (κ2) is 10.2. The van der Waals surface area contributed by atoms with Crippen molar-refractivity contribution < 1.29 is 9.53 Å². The number of methoxy groups -OCH3 is 1. The molecule has 0 saturated heterocycles. The summed E-state index contributed by atoms with van der Waals surface area (Å²) in [7, 11) is 5.32. The zero-order valence-electron chi connectivity index (χ0n) is 22.9. The number of benzene rings is 1. The molecule has 3 unspecified atom stereocenters. The number of fused-ring (bicyclic) bond motifs is 1. The number of ether oxygens (including phenoxy) is 1. The molecule has 3 heterocycles. The molecule has 0 N–H and O–H groups in total. The topological polar surface area (TPSA) is 87.3 Å². The lowest BCUT2D eigenvalue weighted by atomic mass is 9.92. The Labute approximate surface area is 233 Å². The van der Waals surface area contributed by atoms with Crippen molar-refractivity contribution in [2.24, 2.45) is 5.92 Å². The fourth-order valence-corrected chi connectivity index (χ4v) is 5.63. The van der Waals surface area contributed by atoms with Crippen LogP contribution >= 0.6 is 11.6 Å². The first-order valence-electron chi connectivity index (χ1n) is 12.8. The lowest BCUT2D eigenvalue weighted by molar-refractivity contribution is 0.0677. The number of aryl methyl sites for hydroxylation is 1. The molecule has 1 aliphatic carbocycles. The Morgan fingerprint density at radius 3 is 2.51 bits per heavy atom. The normalized spacial score (nSPS) is 20.2. The molecule has 8 nitrogen and oxygen atoms in total. The number of hydrogen-bond donors (Lipinski definition) is 0. The van der Waals surface area contributed by atoms with Crippen LogP contribution < -0.4 is 9.64 Å². The van der Waals surface area contributed by atoms with E-state index in [9.17, 15) is 10.1 Å². The molecule has 1 amide bonds. The molecule has 5 rings (SSSR count). The third kappa shape index (κ3) is 4.47. The number of carbonyl (C=O) groups is 1. The van der Waals surface area contributed by atoms with Gasteiger partial charge < -0.3 is 19.1 Å². The van der Waals surface area contributed by atoms with Crippen LogP contribution in [-0.2, 0) is 0 Å². The van der Waals surface area contributed by atoms with Crippen molar-refractivity contribution in [2.45, 2.75) is 38.9 Å². The van der Waals surface area contributed by atoms with E-state index >= 15 is 0 Å². The zero-order chi connectivity index (χ0) is 28.0. The van der Waals surface area contributed by atoms with Crippen molar-refractivity contribution in [2.75, 3.05) is 26.1 Å². The zero-order valence-corrected chi connectivity index (χ0v) is 23.6. The molecule has 0 spiro atoms. The lowest BCUT2D eigenvalue weighted by Crippen LogP contribution is -2.42. The summed E-state index contributed by atoms with van der Waals surface area (Å²) in [6, 6.07) is 11.5. The molecular formula is C30H31ClN6O2. The molecule has 0 radical (unpaired) electrons. The Balaban J connectivity index is 1.75. The molecule has 3 aromatic rings. The summed E-state index contributed by atoms with van der Waals surface area (Å²) >= 11 is 6.41. The van der Waals surface area contributed by atoms with Crippen LogP contribution in [0.3, 0.4) is 0 Å². The molecule has 3 atom stereocenters. The predicted molar refractivity (Wildman–Crippen MR) is 152 cm³/mol. The number of anilines is 1. The van der Waals surface area contributed by atoms with E-state index in [4.69, 9.17) is 16.3 Å². The third-order valence-corrected chi connectivity index (χ3v) is 7.48. The van der Waals surface area contributed by atoms with Crippen molar-refractivity contribution >= 4 is 23.5 Å². The molecular weight excluding hydrogens is 512 g/mol. The molecule has 1 aromatic carbocycles. The van der Waals surface area contributed by atoms with Gasteiger partial charge in [-0.25, -0.2) is 4.98 Å². The van der Waals surface area contributed by atoms with Gasteiger partial charge in [0.05, 0.1) is 53.7 Å². The van der Waals surface area contributed by atoms with Crippen molar-refractivity contribution in [3.63, 3.8) is 0 Å². The highest BCUT2D eigenvalue weighted by Crippen LogP contribution is 2.47. The van der Waals surface area contributed by atoms with E-state index in [1.165, 1.54) is 0 Å². The summed E-state index contributed by atoms with van der Waals surface area (Å²) in [6.07, 6.45) is 7.04. The Hall–Kier alpha value is -4.09. The number of nitriles is 1. The maximum atomic E-state index is 14.3. The van der Waals surface area contributed by atoms with Crippen LogP contribution in [0, 0.1) is 24.2 Å². The number of allylic oxidation sites excluding steroid dienone is 2. The van der Waals surface area contributed by atoms with Gasteiger partial charge in [0.15, 0.2) is 0 Å². The Morgan fingerprint density at radius 1 is 1.18 bits per heavy atom. The van der Waals surface area contributed by atoms with Crippen LogP contribution in [0.15, 0.2) is 59.8 Å². The minimum absolute atomic E-state index is 0.000162. The first-order chi connectivity index (χ1) is 18.7. The third-order valence-electron chi connectivity index (χ3n) is 7.23. The number of amides is 1. The van der Waals surface area contributed by atoms with Crippen LogP contribution in [-0.4, -0.2) is 52.6 Å².